The molecule has 0 saturated carbocycles. The van der Waals surface area contributed by atoms with Gasteiger partial charge in [0.25, 0.3) is 0 Å². The second-order valence-corrected chi connectivity index (χ2v) is 8.27. The van der Waals surface area contributed by atoms with E-state index in [1.807, 2.05) is 24.3 Å². The number of hydrogen-bond acceptors (Lipinski definition) is 5. The minimum Gasteiger partial charge on any atom is -0.481 e. The molecule has 0 aliphatic heterocycles. The smallest absolute Gasteiger partial charge is 0.307 e. The summed E-state index contributed by atoms with van der Waals surface area (Å²) in [7, 11) is 0. The third-order valence-electron chi connectivity index (χ3n) is 4.96. The number of anilines is 2. The second-order valence-electron chi connectivity index (χ2n) is 7.36. The molecule has 5 nitrogen and oxygen atoms in total. The molecule has 0 saturated heterocycles. The van der Waals surface area contributed by atoms with Gasteiger partial charge in [0.05, 0.1) is 11.3 Å². The van der Waals surface area contributed by atoms with Crippen molar-refractivity contribution in [1.82, 2.24) is 9.97 Å². The first-order valence-corrected chi connectivity index (χ1v) is 11.6. The summed E-state index contributed by atoms with van der Waals surface area (Å²) in [6.07, 6.45) is 8.25. The van der Waals surface area contributed by atoms with Gasteiger partial charge < -0.3 is 10.4 Å². The summed E-state index contributed by atoms with van der Waals surface area (Å²) in [5, 5.41) is 14.5. The monoisotopic (exact) mass is 435 g/mol. The van der Waals surface area contributed by atoms with Gasteiger partial charge in [0.1, 0.15) is 5.82 Å². The summed E-state index contributed by atoms with van der Waals surface area (Å²) in [4.78, 5) is 21.7. The van der Waals surface area contributed by atoms with Crippen LogP contribution in [-0.4, -0.2) is 21.0 Å². The Morgan fingerprint density at radius 2 is 1.90 bits per heavy atom. The number of carboxylic acids is 1. The molecule has 0 bridgehead atoms. The normalized spacial score (nSPS) is 11.2. The summed E-state index contributed by atoms with van der Waals surface area (Å²) in [5.41, 5.74) is 4.99. The molecular formula is C25H29N3O2S. The van der Waals surface area contributed by atoms with Crippen LogP contribution < -0.4 is 5.32 Å². The Labute approximate surface area is 187 Å². The van der Waals surface area contributed by atoms with E-state index >= 15 is 0 Å². The Kier molecular flexibility index (Phi) is 7.95. The zero-order chi connectivity index (χ0) is 22.2. The number of carbonyl (C=O) groups is 1. The molecule has 1 aromatic carbocycles. The van der Waals surface area contributed by atoms with Crippen molar-refractivity contribution in [3.8, 4) is 10.7 Å². The highest BCUT2D eigenvalue weighted by atomic mass is 32.1. The van der Waals surface area contributed by atoms with Crippen molar-refractivity contribution in [2.24, 2.45) is 0 Å². The predicted octanol–water partition coefficient (Wildman–Crippen LogP) is 6.51. The van der Waals surface area contributed by atoms with Gasteiger partial charge in [0.15, 0.2) is 5.82 Å². The quantitative estimate of drug-likeness (QED) is 0.379. The number of unbranched alkanes of at least 4 members (excludes halogenated alkanes) is 1. The van der Waals surface area contributed by atoms with Gasteiger partial charge in [-0.1, -0.05) is 51.5 Å². The lowest BCUT2D eigenvalue weighted by Gasteiger charge is -2.15. The molecule has 0 aliphatic carbocycles. The molecule has 0 aliphatic rings. The predicted molar refractivity (Wildman–Crippen MR) is 129 cm³/mol. The highest BCUT2D eigenvalue weighted by molar-refractivity contribution is 7.13. The summed E-state index contributed by atoms with van der Waals surface area (Å²) in [5.74, 6) is 0.716. The van der Waals surface area contributed by atoms with E-state index in [1.165, 1.54) is 5.56 Å². The maximum absolute atomic E-state index is 10.9. The Bertz CT molecular complexity index is 1060. The van der Waals surface area contributed by atoms with Crippen molar-refractivity contribution in [3.05, 3.63) is 64.2 Å². The van der Waals surface area contributed by atoms with Crippen LogP contribution in [0.4, 0.5) is 11.5 Å². The van der Waals surface area contributed by atoms with Gasteiger partial charge in [0.2, 0.25) is 0 Å². The molecule has 0 amide bonds. The molecule has 2 aromatic heterocycles. The van der Waals surface area contributed by atoms with Gasteiger partial charge in [-0.3, -0.25) is 4.79 Å². The van der Waals surface area contributed by atoms with E-state index in [4.69, 9.17) is 15.1 Å². The first kappa shape index (κ1) is 22.7. The molecule has 0 atom stereocenters. The largest absolute Gasteiger partial charge is 0.481 e. The SMILES string of the molecule is CCC/C=C/c1csc(-c2nc(CC)c(CC)c(Nc3ccc(CC(=O)O)cc3)n2)c1. The maximum atomic E-state index is 10.9. The molecule has 2 N–H and O–H groups in total. The van der Waals surface area contributed by atoms with E-state index in [9.17, 15) is 4.79 Å². The lowest BCUT2D eigenvalue weighted by molar-refractivity contribution is -0.136. The number of nitrogens with zero attached hydrogens (tertiary/aromatic N) is 2. The highest BCUT2D eigenvalue weighted by Crippen LogP contribution is 2.30. The maximum Gasteiger partial charge on any atom is 0.307 e. The average Bonchev–Trinajstić information content (AvgIpc) is 3.23. The number of aryl methyl sites for hydroxylation is 1. The number of carboxylic acid groups (broad SMARTS) is 1. The molecular weight excluding hydrogens is 406 g/mol. The van der Waals surface area contributed by atoms with Crippen LogP contribution in [0.2, 0.25) is 0 Å². The molecule has 0 radical (unpaired) electrons. The van der Waals surface area contributed by atoms with Crippen LogP contribution in [0.1, 0.15) is 56.0 Å². The molecule has 3 rings (SSSR count). The van der Waals surface area contributed by atoms with Crippen LogP contribution in [-0.2, 0) is 24.1 Å². The van der Waals surface area contributed by atoms with Crippen LogP contribution >= 0.6 is 11.3 Å². The molecule has 2 heterocycles. The summed E-state index contributed by atoms with van der Waals surface area (Å²) in [6.45, 7) is 6.40. The third kappa shape index (κ3) is 6.01. The van der Waals surface area contributed by atoms with E-state index in [1.54, 1.807) is 11.3 Å². The average molecular weight is 436 g/mol. The van der Waals surface area contributed by atoms with Crippen LogP contribution in [0.15, 0.2) is 41.8 Å². The Morgan fingerprint density at radius 3 is 2.55 bits per heavy atom. The zero-order valence-electron chi connectivity index (χ0n) is 18.3. The fourth-order valence-corrected chi connectivity index (χ4v) is 4.18. The van der Waals surface area contributed by atoms with Crippen LogP contribution in [0.5, 0.6) is 0 Å². The van der Waals surface area contributed by atoms with Gasteiger partial charge in [-0.15, -0.1) is 11.3 Å². The number of nitrogens with one attached hydrogen (secondary N) is 1. The Balaban J connectivity index is 1.91. The van der Waals surface area contributed by atoms with Crippen LogP contribution in [0.3, 0.4) is 0 Å². The van der Waals surface area contributed by atoms with Crippen molar-refractivity contribution < 1.29 is 9.90 Å². The molecule has 31 heavy (non-hydrogen) atoms. The molecule has 0 unspecified atom stereocenters. The van der Waals surface area contributed by atoms with E-state index in [2.05, 4.69) is 49.7 Å². The molecule has 6 heteroatoms. The first-order valence-electron chi connectivity index (χ1n) is 10.8. The van der Waals surface area contributed by atoms with Crippen molar-refractivity contribution in [3.63, 3.8) is 0 Å². The fourth-order valence-electron chi connectivity index (χ4n) is 3.37. The van der Waals surface area contributed by atoms with Gasteiger partial charge in [-0.05, 0) is 54.0 Å². The molecule has 162 valence electrons. The summed E-state index contributed by atoms with van der Waals surface area (Å²) >= 11 is 1.66. The number of rotatable bonds is 10. The minimum atomic E-state index is -0.832. The number of aromatic nitrogens is 2. The van der Waals surface area contributed by atoms with Gasteiger partial charge in [-0.25, -0.2) is 9.97 Å². The number of allylic oxidation sites excluding steroid dienone is 1. The highest BCUT2D eigenvalue weighted by Gasteiger charge is 2.15. The summed E-state index contributed by atoms with van der Waals surface area (Å²) < 4.78 is 0. The number of hydrogen-bond donors (Lipinski definition) is 2. The van der Waals surface area contributed by atoms with E-state index in [-0.39, 0.29) is 6.42 Å². The minimum absolute atomic E-state index is 0.0194. The number of aliphatic carboxylic acids is 1. The molecule has 0 fully saturated rings. The molecule has 0 spiro atoms. The Hall–Kier alpha value is -2.99. The summed E-state index contributed by atoms with van der Waals surface area (Å²) in [6, 6.07) is 9.60. The lowest BCUT2D eigenvalue weighted by atomic mass is 10.1. The van der Waals surface area contributed by atoms with Gasteiger partial charge >= 0.3 is 5.97 Å². The Morgan fingerprint density at radius 1 is 1.13 bits per heavy atom. The van der Waals surface area contributed by atoms with Crippen molar-refractivity contribution in [1.29, 1.82) is 0 Å². The van der Waals surface area contributed by atoms with Crippen LogP contribution in [0.25, 0.3) is 16.8 Å². The first-order chi connectivity index (χ1) is 15.0. The topological polar surface area (TPSA) is 75.1 Å². The number of benzene rings is 1. The van der Waals surface area contributed by atoms with E-state index in [0.29, 0.717) is 0 Å². The standard InChI is InChI=1S/C25H29N3O2S/c1-4-7-8-9-18-14-22(31-16-18)25-27-21(6-3)20(5-2)24(28-25)26-19-12-10-17(11-13-19)15-23(29)30/h8-14,16H,4-7,15H2,1-3H3,(H,29,30)(H,26,27,28)/b9-8+. The fraction of sp³-hybridized carbons (Fsp3) is 0.320. The van der Waals surface area contributed by atoms with Gasteiger partial charge in [-0.2, -0.15) is 0 Å². The lowest BCUT2D eigenvalue weighted by Crippen LogP contribution is -2.07. The van der Waals surface area contributed by atoms with E-state index < -0.39 is 5.97 Å². The second kappa shape index (κ2) is 10.9. The van der Waals surface area contributed by atoms with Crippen molar-refractivity contribution in [2.45, 2.75) is 52.9 Å². The number of thiophene rings is 1. The van der Waals surface area contributed by atoms with Crippen molar-refractivity contribution in [2.75, 3.05) is 5.32 Å². The van der Waals surface area contributed by atoms with Gasteiger partial charge in [0, 0.05) is 16.9 Å². The van der Waals surface area contributed by atoms with Crippen LogP contribution in [0, 0.1) is 0 Å². The van der Waals surface area contributed by atoms with E-state index in [0.717, 1.165) is 64.7 Å². The third-order valence-corrected chi connectivity index (χ3v) is 5.90. The van der Waals surface area contributed by atoms with Crippen molar-refractivity contribution >= 4 is 34.9 Å². The zero-order valence-corrected chi connectivity index (χ0v) is 19.1. The molecule has 3 aromatic rings.